The molecule has 1 heterocycles. The van der Waals surface area contributed by atoms with Gasteiger partial charge < -0.3 is 4.74 Å². The van der Waals surface area contributed by atoms with Gasteiger partial charge in [-0.1, -0.05) is 29.8 Å². The molecule has 0 bridgehead atoms. The summed E-state index contributed by atoms with van der Waals surface area (Å²) in [7, 11) is -2.18. The first-order chi connectivity index (χ1) is 15.9. The largest absolute Gasteiger partial charge is 0.497 e. The van der Waals surface area contributed by atoms with Gasteiger partial charge in [-0.15, -0.1) is 0 Å². The summed E-state index contributed by atoms with van der Waals surface area (Å²) in [6, 6.07) is 20.4. The van der Waals surface area contributed by atoms with Crippen LogP contribution in [0.4, 0.5) is 10.1 Å². The van der Waals surface area contributed by atoms with Gasteiger partial charge in [0.1, 0.15) is 11.6 Å². The molecule has 5 nitrogen and oxygen atoms in total. The predicted octanol–water partition coefficient (Wildman–Crippen LogP) is 5.00. The maximum Gasteiger partial charge on any atom is 0.264 e. The number of sulfonamides is 1. The van der Waals surface area contributed by atoms with E-state index >= 15 is 0 Å². The van der Waals surface area contributed by atoms with Gasteiger partial charge >= 0.3 is 0 Å². The highest BCUT2D eigenvalue weighted by Crippen LogP contribution is 2.31. The zero-order chi connectivity index (χ0) is 23.4. The third-order valence-corrected chi connectivity index (χ3v) is 8.01. The van der Waals surface area contributed by atoms with Crippen LogP contribution in [-0.4, -0.2) is 39.6 Å². The molecular weight excluding hydrogens is 439 g/mol. The average molecular weight is 469 g/mol. The molecule has 0 aliphatic carbocycles. The van der Waals surface area contributed by atoms with Crippen molar-refractivity contribution in [1.82, 2.24) is 4.90 Å². The molecular formula is C26H29FN2O3S. The smallest absolute Gasteiger partial charge is 0.264 e. The summed E-state index contributed by atoms with van der Waals surface area (Å²) in [5, 5.41) is 0. The minimum atomic E-state index is -3.83. The minimum absolute atomic E-state index is 0.102. The Hall–Kier alpha value is -2.90. The van der Waals surface area contributed by atoms with Crippen LogP contribution in [0.15, 0.2) is 77.7 Å². The Bertz CT molecular complexity index is 1160. The first-order valence-corrected chi connectivity index (χ1v) is 12.5. The number of benzene rings is 3. The van der Waals surface area contributed by atoms with E-state index in [4.69, 9.17) is 4.74 Å². The summed E-state index contributed by atoms with van der Waals surface area (Å²) in [6.45, 7) is 4.36. The molecule has 3 aromatic carbocycles. The molecule has 0 spiro atoms. The maximum atomic E-state index is 13.6. The predicted molar refractivity (Wildman–Crippen MR) is 129 cm³/mol. The number of ether oxygens (including phenoxy) is 1. The van der Waals surface area contributed by atoms with Gasteiger partial charge in [0.25, 0.3) is 10.0 Å². The molecule has 0 N–H and O–H groups in total. The number of aryl methyl sites for hydroxylation is 1. The molecule has 174 valence electrons. The van der Waals surface area contributed by atoms with Crippen molar-refractivity contribution in [2.75, 3.05) is 24.5 Å². The second kappa shape index (κ2) is 9.93. The van der Waals surface area contributed by atoms with E-state index < -0.39 is 15.8 Å². The van der Waals surface area contributed by atoms with Crippen LogP contribution < -0.4 is 9.04 Å². The van der Waals surface area contributed by atoms with Crippen molar-refractivity contribution in [3.63, 3.8) is 0 Å². The lowest BCUT2D eigenvalue weighted by atomic mass is 10.0. The highest BCUT2D eigenvalue weighted by molar-refractivity contribution is 7.92. The molecule has 1 fully saturated rings. The van der Waals surface area contributed by atoms with Crippen molar-refractivity contribution in [3.8, 4) is 5.75 Å². The SMILES string of the molecule is COc1ccc(CN2CCC(N(c3ccc(C)cc3)S(=O)(=O)c3ccc(F)cc3)CC2)cc1. The van der Waals surface area contributed by atoms with E-state index in [0.29, 0.717) is 18.5 Å². The van der Waals surface area contributed by atoms with Gasteiger partial charge in [-0.3, -0.25) is 9.21 Å². The third kappa shape index (κ3) is 5.37. The van der Waals surface area contributed by atoms with E-state index in [2.05, 4.69) is 17.0 Å². The van der Waals surface area contributed by atoms with Crippen LogP contribution in [0.5, 0.6) is 5.75 Å². The molecule has 0 saturated carbocycles. The fraction of sp³-hybridized carbons (Fsp3) is 0.308. The van der Waals surface area contributed by atoms with Crippen LogP contribution in [0.3, 0.4) is 0 Å². The van der Waals surface area contributed by atoms with E-state index in [1.54, 1.807) is 7.11 Å². The van der Waals surface area contributed by atoms with Gasteiger partial charge in [0, 0.05) is 25.7 Å². The molecule has 0 aromatic heterocycles. The molecule has 0 radical (unpaired) electrons. The standard InChI is InChI=1S/C26H29FN2O3S/c1-20-3-9-23(10-4-20)29(33(30,31)26-13-7-22(27)8-14-26)24-15-17-28(18-16-24)19-21-5-11-25(32-2)12-6-21/h3-14,24H,15-19H2,1-2H3. The lowest BCUT2D eigenvalue weighted by Gasteiger charge is -2.39. The van der Waals surface area contributed by atoms with Gasteiger partial charge in [0.05, 0.1) is 17.7 Å². The molecule has 0 amide bonds. The normalized spacial score (nSPS) is 15.4. The van der Waals surface area contributed by atoms with Crippen LogP contribution in [0, 0.1) is 12.7 Å². The number of halogens is 1. The van der Waals surface area contributed by atoms with E-state index in [9.17, 15) is 12.8 Å². The van der Waals surface area contributed by atoms with Gasteiger partial charge in [0.2, 0.25) is 0 Å². The number of piperidine rings is 1. The third-order valence-electron chi connectivity index (χ3n) is 6.11. The Morgan fingerprint density at radius 1 is 0.939 bits per heavy atom. The lowest BCUT2D eigenvalue weighted by molar-refractivity contribution is 0.206. The number of hydrogen-bond donors (Lipinski definition) is 0. The van der Waals surface area contributed by atoms with E-state index in [0.717, 1.165) is 30.9 Å². The van der Waals surface area contributed by atoms with Crippen LogP contribution in [0.1, 0.15) is 24.0 Å². The van der Waals surface area contributed by atoms with Gasteiger partial charge in [-0.25, -0.2) is 12.8 Å². The number of hydrogen-bond acceptors (Lipinski definition) is 4. The zero-order valence-corrected chi connectivity index (χ0v) is 19.8. The average Bonchev–Trinajstić information content (AvgIpc) is 2.82. The molecule has 33 heavy (non-hydrogen) atoms. The minimum Gasteiger partial charge on any atom is -0.497 e. The van der Waals surface area contributed by atoms with Crippen LogP contribution in [-0.2, 0) is 16.6 Å². The highest BCUT2D eigenvalue weighted by Gasteiger charge is 2.34. The Morgan fingerprint density at radius 2 is 1.55 bits per heavy atom. The van der Waals surface area contributed by atoms with Crippen molar-refractivity contribution in [2.45, 2.75) is 37.2 Å². The molecule has 7 heteroatoms. The van der Waals surface area contributed by atoms with Crippen LogP contribution >= 0.6 is 0 Å². The number of rotatable bonds is 7. The summed E-state index contributed by atoms with van der Waals surface area (Å²) in [5.41, 5.74) is 2.90. The van der Waals surface area contributed by atoms with E-state index in [1.165, 1.54) is 34.1 Å². The molecule has 0 atom stereocenters. The molecule has 1 saturated heterocycles. The van der Waals surface area contributed by atoms with Crippen LogP contribution in [0.2, 0.25) is 0 Å². The summed E-state index contributed by atoms with van der Waals surface area (Å²) in [6.07, 6.45) is 1.43. The Labute approximate surface area is 195 Å². The number of anilines is 1. The van der Waals surface area contributed by atoms with Crippen molar-refractivity contribution >= 4 is 15.7 Å². The first kappa shape index (κ1) is 23.3. The monoisotopic (exact) mass is 468 g/mol. The number of likely N-dealkylation sites (tertiary alicyclic amines) is 1. The fourth-order valence-electron chi connectivity index (χ4n) is 4.26. The maximum absolute atomic E-state index is 13.6. The highest BCUT2D eigenvalue weighted by atomic mass is 32.2. The van der Waals surface area contributed by atoms with Crippen molar-refractivity contribution in [1.29, 1.82) is 0 Å². The van der Waals surface area contributed by atoms with Crippen molar-refractivity contribution in [3.05, 3.63) is 89.7 Å². The second-order valence-electron chi connectivity index (χ2n) is 8.45. The van der Waals surface area contributed by atoms with Gasteiger partial charge in [-0.05, 0) is 73.9 Å². The topological polar surface area (TPSA) is 49.9 Å². The van der Waals surface area contributed by atoms with Crippen LogP contribution in [0.25, 0.3) is 0 Å². The zero-order valence-electron chi connectivity index (χ0n) is 18.9. The Kier molecular flexibility index (Phi) is 7.00. The summed E-state index contributed by atoms with van der Waals surface area (Å²) < 4.78 is 47.5. The van der Waals surface area contributed by atoms with Gasteiger partial charge in [0.15, 0.2) is 0 Å². The Morgan fingerprint density at radius 3 is 2.12 bits per heavy atom. The number of nitrogens with zero attached hydrogens (tertiary/aromatic N) is 2. The second-order valence-corrected chi connectivity index (χ2v) is 10.3. The summed E-state index contributed by atoms with van der Waals surface area (Å²) in [5.74, 6) is 0.375. The molecule has 1 aliphatic heterocycles. The first-order valence-electron chi connectivity index (χ1n) is 11.1. The molecule has 0 unspecified atom stereocenters. The summed E-state index contributed by atoms with van der Waals surface area (Å²) >= 11 is 0. The van der Waals surface area contributed by atoms with Crippen molar-refractivity contribution in [2.24, 2.45) is 0 Å². The molecule has 4 rings (SSSR count). The van der Waals surface area contributed by atoms with E-state index in [1.807, 2.05) is 43.3 Å². The van der Waals surface area contributed by atoms with Crippen molar-refractivity contribution < 1.29 is 17.5 Å². The lowest BCUT2D eigenvalue weighted by Crippen LogP contribution is -2.47. The quantitative estimate of drug-likeness (QED) is 0.490. The summed E-state index contributed by atoms with van der Waals surface area (Å²) in [4.78, 5) is 2.45. The van der Waals surface area contributed by atoms with Gasteiger partial charge in [-0.2, -0.15) is 0 Å². The molecule has 3 aromatic rings. The van der Waals surface area contributed by atoms with E-state index in [-0.39, 0.29) is 10.9 Å². The fourth-order valence-corrected chi connectivity index (χ4v) is 5.97. The Balaban J connectivity index is 1.54. The number of methoxy groups -OCH3 is 1. The molecule has 1 aliphatic rings.